The summed E-state index contributed by atoms with van der Waals surface area (Å²) in [5, 5.41) is 17.8. The van der Waals surface area contributed by atoms with Crippen molar-refractivity contribution in [2.45, 2.75) is 25.9 Å². The summed E-state index contributed by atoms with van der Waals surface area (Å²) >= 11 is 0. The van der Waals surface area contributed by atoms with E-state index in [0.717, 1.165) is 61.8 Å². The number of nitrogens with zero attached hydrogens (tertiary/aromatic N) is 5. The minimum absolute atomic E-state index is 0.320. The molecule has 0 atom stereocenters. The van der Waals surface area contributed by atoms with Crippen LogP contribution in [0.2, 0.25) is 0 Å². The molecular formula is C20H21N5O2. The summed E-state index contributed by atoms with van der Waals surface area (Å²) in [6.07, 6.45) is 5.23. The fourth-order valence-corrected chi connectivity index (χ4v) is 3.41. The Morgan fingerprint density at radius 2 is 1.89 bits per heavy atom. The van der Waals surface area contributed by atoms with Crippen LogP contribution in [0.5, 0.6) is 0 Å². The number of rotatable bonds is 5. The summed E-state index contributed by atoms with van der Waals surface area (Å²) in [6, 6.07) is 11.1. The fraction of sp³-hybridized carbons (Fsp3) is 0.300. The van der Waals surface area contributed by atoms with Gasteiger partial charge in [-0.1, -0.05) is 18.2 Å². The molecule has 0 unspecified atom stereocenters. The van der Waals surface area contributed by atoms with Crippen molar-refractivity contribution in [3.63, 3.8) is 0 Å². The average molecular weight is 363 g/mol. The number of carbonyl (C=O) groups is 1. The molecule has 0 radical (unpaired) electrons. The van der Waals surface area contributed by atoms with E-state index in [1.165, 1.54) is 0 Å². The molecule has 0 spiro atoms. The van der Waals surface area contributed by atoms with E-state index in [1.807, 2.05) is 24.4 Å². The van der Waals surface area contributed by atoms with Crippen LogP contribution in [0.25, 0.3) is 0 Å². The van der Waals surface area contributed by atoms with E-state index in [2.05, 4.69) is 30.7 Å². The van der Waals surface area contributed by atoms with Crippen molar-refractivity contribution >= 4 is 5.97 Å². The zero-order valence-corrected chi connectivity index (χ0v) is 15.0. The molecule has 3 heterocycles. The molecule has 0 saturated carbocycles. The number of carboxylic acid groups (broad SMARTS) is 1. The van der Waals surface area contributed by atoms with E-state index < -0.39 is 5.97 Å². The third-order valence-corrected chi connectivity index (χ3v) is 4.89. The van der Waals surface area contributed by atoms with Gasteiger partial charge in [0.1, 0.15) is 11.6 Å². The smallest absolute Gasteiger partial charge is 0.335 e. The lowest BCUT2D eigenvalue weighted by molar-refractivity contribution is 0.0697. The highest BCUT2D eigenvalue weighted by molar-refractivity contribution is 5.87. The standard InChI is InChI=1S/C20H21N5O2/c26-20(27)17-5-3-15(4-6-17)14-24-9-7-18-22-23-19(25(18)11-10-24)12-16-2-1-8-21-13-16/h1-6,8,13H,7,9-12,14H2,(H,26,27). The number of aromatic nitrogens is 4. The van der Waals surface area contributed by atoms with Crippen molar-refractivity contribution in [3.8, 4) is 0 Å². The van der Waals surface area contributed by atoms with Gasteiger partial charge in [0.15, 0.2) is 0 Å². The molecule has 0 fully saturated rings. The van der Waals surface area contributed by atoms with E-state index >= 15 is 0 Å². The Hall–Kier alpha value is -3.06. The van der Waals surface area contributed by atoms with Crippen molar-refractivity contribution in [2.75, 3.05) is 13.1 Å². The second-order valence-electron chi connectivity index (χ2n) is 6.75. The summed E-state index contributed by atoms with van der Waals surface area (Å²) in [4.78, 5) is 17.5. The Morgan fingerprint density at radius 1 is 1.04 bits per heavy atom. The number of fused-ring (bicyclic) bond motifs is 1. The molecule has 0 amide bonds. The number of carboxylic acids is 1. The van der Waals surface area contributed by atoms with Gasteiger partial charge in [0, 0.05) is 51.4 Å². The van der Waals surface area contributed by atoms with Crippen LogP contribution in [-0.4, -0.2) is 48.8 Å². The Kier molecular flexibility index (Phi) is 4.93. The van der Waals surface area contributed by atoms with Crippen LogP contribution in [-0.2, 0) is 25.9 Å². The normalized spacial score (nSPS) is 14.5. The van der Waals surface area contributed by atoms with Gasteiger partial charge in [-0.2, -0.15) is 0 Å². The molecule has 0 aliphatic carbocycles. The molecule has 2 aromatic heterocycles. The summed E-state index contributed by atoms with van der Waals surface area (Å²) in [7, 11) is 0. The summed E-state index contributed by atoms with van der Waals surface area (Å²) in [5.41, 5.74) is 2.57. The fourth-order valence-electron chi connectivity index (χ4n) is 3.41. The van der Waals surface area contributed by atoms with Gasteiger partial charge < -0.3 is 9.67 Å². The van der Waals surface area contributed by atoms with Crippen LogP contribution in [0.15, 0.2) is 48.8 Å². The van der Waals surface area contributed by atoms with E-state index in [-0.39, 0.29) is 0 Å². The Balaban J connectivity index is 1.42. The second-order valence-corrected chi connectivity index (χ2v) is 6.75. The maximum absolute atomic E-state index is 11.0. The minimum atomic E-state index is -0.893. The van der Waals surface area contributed by atoms with Crippen molar-refractivity contribution in [1.82, 2.24) is 24.6 Å². The highest BCUT2D eigenvalue weighted by Crippen LogP contribution is 2.15. The van der Waals surface area contributed by atoms with Gasteiger partial charge >= 0.3 is 5.97 Å². The number of benzene rings is 1. The zero-order chi connectivity index (χ0) is 18.6. The molecule has 1 aliphatic rings. The van der Waals surface area contributed by atoms with Crippen molar-refractivity contribution < 1.29 is 9.90 Å². The highest BCUT2D eigenvalue weighted by Gasteiger charge is 2.19. The third-order valence-electron chi connectivity index (χ3n) is 4.89. The molecule has 1 N–H and O–H groups in total. The molecule has 0 saturated heterocycles. The number of hydrogen-bond donors (Lipinski definition) is 1. The van der Waals surface area contributed by atoms with Gasteiger partial charge in [0.05, 0.1) is 5.56 Å². The van der Waals surface area contributed by atoms with Gasteiger partial charge in [-0.05, 0) is 29.3 Å². The summed E-state index contributed by atoms with van der Waals surface area (Å²) < 4.78 is 2.22. The maximum Gasteiger partial charge on any atom is 0.335 e. The van der Waals surface area contributed by atoms with Crippen LogP contribution in [0, 0.1) is 0 Å². The lowest BCUT2D eigenvalue weighted by Gasteiger charge is -2.19. The van der Waals surface area contributed by atoms with Gasteiger partial charge in [-0.15, -0.1) is 10.2 Å². The lowest BCUT2D eigenvalue weighted by Crippen LogP contribution is -2.26. The third kappa shape index (κ3) is 4.03. The Labute approximate surface area is 157 Å². The first kappa shape index (κ1) is 17.4. The molecule has 3 aromatic rings. The topological polar surface area (TPSA) is 84.1 Å². The largest absolute Gasteiger partial charge is 0.478 e. The quantitative estimate of drug-likeness (QED) is 0.747. The highest BCUT2D eigenvalue weighted by atomic mass is 16.4. The van der Waals surface area contributed by atoms with Crippen molar-refractivity contribution in [1.29, 1.82) is 0 Å². The van der Waals surface area contributed by atoms with E-state index in [4.69, 9.17) is 5.11 Å². The zero-order valence-electron chi connectivity index (χ0n) is 15.0. The van der Waals surface area contributed by atoms with Crippen molar-refractivity contribution in [3.05, 3.63) is 77.1 Å². The number of hydrogen-bond acceptors (Lipinski definition) is 5. The predicted octanol–water partition coefficient (Wildman–Crippen LogP) is 2.02. The Bertz CT molecular complexity index is 921. The second kappa shape index (κ2) is 7.67. The van der Waals surface area contributed by atoms with Crippen LogP contribution in [0.3, 0.4) is 0 Å². The first-order valence-corrected chi connectivity index (χ1v) is 9.03. The minimum Gasteiger partial charge on any atom is -0.478 e. The number of pyridine rings is 1. The van der Waals surface area contributed by atoms with Gasteiger partial charge in [0.2, 0.25) is 0 Å². The van der Waals surface area contributed by atoms with E-state index in [0.29, 0.717) is 5.56 Å². The van der Waals surface area contributed by atoms with Crippen LogP contribution >= 0.6 is 0 Å². The molecular weight excluding hydrogens is 342 g/mol. The van der Waals surface area contributed by atoms with Crippen molar-refractivity contribution in [2.24, 2.45) is 0 Å². The SMILES string of the molecule is O=C(O)c1ccc(CN2CCc3nnc(Cc4cccnc4)n3CC2)cc1. The molecule has 7 nitrogen and oxygen atoms in total. The summed E-state index contributed by atoms with van der Waals surface area (Å²) in [5.74, 6) is 1.11. The predicted molar refractivity (Wildman–Crippen MR) is 99.4 cm³/mol. The first-order chi connectivity index (χ1) is 13.2. The molecule has 7 heteroatoms. The molecule has 138 valence electrons. The monoisotopic (exact) mass is 363 g/mol. The van der Waals surface area contributed by atoms with Crippen LogP contribution < -0.4 is 0 Å². The van der Waals surface area contributed by atoms with Crippen LogP contribution in [0.4, 0.5) is 0 Å². The van der Waals surface area contributed by atoms with Gasteiger partial charge in [-0.25, -0.2) is 4.79 Å². The van der Waals surface area contributed by atoms with Gasteiger partial charge in [0.25, 0.3) is 0 Å². The van der Waals surface area contributed by atoms with Crippen LogP contribution in [0.1, 0.15) is 33.1 Å². The number of aromatic carboxylic acids is 1. The molecule has 4 rings (SSSR count). The summed E-state index contributed by atoms with van der Waals surface area (Å²) in [6.45, 7) is 3.47. The molecule has 1 aromatic carbocycles. The molecule has 1 aliphatic heterocycles. The Morgan fingerprint density at radius 3 is 2.63 bits per heavy atom. The van der Waals surface area contributed by atoms with E-state index in [9.17, 15) is 4.79 Å². The van der Waals surface area contributed by atoms with Gasteiger partial charge in [-0.3, -0.25) is 9.88 Å². The molecule has 27 heavy (non-hydrogen) atoms. The first-order valence-electron chi connectivity index (χ1n) is 9.03. The van der Waals surface area contributed by atoms with E-state index in [1.54, 1.807) is 18.3 Å². The molecule has 0 bridgehead atoms. The lowest BCUT2D eigenvalue weighted by atomic mass is 10.1. The maximum atomic E-state index is 11.0. The average Bonchev–Trinajstić information content (AvgIpc) is 2.95.